The monoisotopic (exact) mass is 278 g/mol. The molecule has 0 spiro atoms. The number of carbonyl (C=O) groups excluding carboxylic acids is 1. The maximum atomic E-state index is 11.9. The Morgan fingerprint density at radius 1 is 1.30 bits per heavy atom. The zero-order valence-electron chi connectivity index (χ0n) is 12.1. The van der Waals surface area contributed by atoms with Crippen LogP contribution in [-0.2, 0) is 11.3 Å². The van der Waals surface area contributed by atoms with Gasteiger partial charge in [-0.1, -0.05) is 13.0 Å². The van der Waals surface area contributed by atoms with Gasteiger partial charge in [0.15, 0.2) is 11.5 Å². The number of amides is 1. The highest BCUT2D eigenvalue weighted by Crippen LogP contribution is 2.30. The van der Waals surface area contributed by atoms with Crippen molar-refractivity contribution in [1.82, 2.24) is 10.2 Å². The third kappa shape index (κ3) is 3.87. The van der Waals surface area contributed by atoms with Gasteiger partial charge in [0, 0.05) is 13.6 Å². The molecule has 0 aliphatic carbocycles. The number of nitrogens with one attached hydrogen (secondary N) is 1. The van der Waals surface area contributed by atoms with Crippen molar-refractivity contribution in [3.05, 3.63) is 23.8 Å². The Kier molecular flexibility index (Phi) is 5.24. The van der Waals surface area contributed by atoms with Gasteiger partial charge in [0.25, 0.3) is 0 Å². The highest BCUT2D eigenvalue weighted by Gasteiger charge is 2.14. The number of likely N-dealkylation sites (N-methyl/N-ethyl adjacent to an activating group) is 1. The van der Waals surface area contributed by atoms with Crippen LogP contribution in [-0.4, -0.2) is 44.2 Å². The molecule has 1 amide bonds. The summed E-state index contributed by atoms with van der Waals surface area (Å²) in [5, 5.41) is 3.12. The Labute approximate surface area is 119 Å². The predicted molar refractivity (Wildman–Crippen MR) is 77.1 cm³/mol. The molecule has 0 atom stereocenters. The molecule has 0 aromatic heterocycles. The summed E-state index contributed by atoms with van der Waals surface area (Å²) in [6.45, 7) is 5.07. The normalized spacial score (nSPS) is 13.1. The van der Waals surface area contributed by atoms with E-state index in [1.807, 2.05) is 25.2 Å². The molecule has 1 aromatic rings. The third-order valence-electron chi connectivity index (χ3n) is 3.16. The van der Waals surface area contributed by atoms with E-state index < -0.39 is 0 Å². The van der Waals surface area contributed by atoms with Gasteiger partial charge in [0.05, 0.1) is 6.54 Å². The highest BCUT2D eigenvalue weighted by molar-refractivity contribution is 5.78. The average Bonchev–Trinajstić information content (AvgIpc) is 2.47. The Morgan fingerprint density at radius 2 is 2.05 bits per heavy atom. The van der Waals surface area contributed by atoms with E-state index in [0.717, 1.165) is 30.0 Å². The van der Waals surface area contributed by atoms with Crippen molar-refractivity contribution in [3.8, 4) is 11.5 Å². The lowest BCUT2D eigenvalue weighted by Crippen LogP contribution is -2.35. The largest absolute Gasteiger partial charge is 0.486 e. The van der Waals surface area contributed by atoms with Crippen molar-refractivity contribution in [2.75, 3.05) is 33.4 Å². The van der Waals surface area contributed by atoms with Crippen LogP contribution in [0, 0.1) is 0 Å². The lowest BCUT2D eigenvalue weighted by atomic mass is 10.2. The summed E-state index contributed by atoms with van der Waals surface area (Å²) in [6.07, 6.45) is 1.03. The lowest BCUT2D eigenvalue weighted by Gasteiger charge is -2.21. The van der Waals surface area contributed by atoms with E-state index in [1.165, 1.54) is 0 Å². The lowest BCUT2D eigenvalue weighted by molar-refractivity contribution is -0.129. The third-order valence-corrected chi connectivity index (χ3v) is 3.16. The Hall–Kier alpha value is -1.75. The van der Waals surface area contributed by atoms with Crippen molar-refractivity contribution in [2.24, 2.45) is 0 Å². The van der Waals surface area contributed by atoms with Crippen LogP contribution in [0.25, 0.3) is 0 Å². The molecule has 5 nitrogen and oxygen atoms in total. The number of nitrogens with zero attached hydrogens (tertiary/aromatic N) is 1. The molecule has 1 aliphatic heterocycles. The molecular formula is C15H22N2O3. The van der Waals surface area contributed by atoms with Crippen molar-refractivity contribution < 1.29 is 14.3 Å². The molecule has 0 saturated heterocycles. The summed E-state index contributed by atoms with van der Waals surface area (Å²) in [6, 6.07) is 5.81. The summed E-state index contributed by atoms with van der Waals surface area (Å²) in [4.78, 5) is 13.6. The van der Waals surface area contributed by atoms with E-state index in [2.05, 4.69) is 12.2 Å². The van der Waals surface area contributed by atoms with Crippen LogP contribution in [0.5, 0.6) is 11.5 Å². The van der Waals surface area contributed by atoms with Gasteiger partial charge in [-0.05, 0) is 30.7 Å². The molecule has 1 heterocycles. The fourth-order valence-electron chi connectivity index (χ4n) is 2.06. The Morgan fingerprint density at radius 3 is 2.80 bits per heavy atom. The SMILES string of the molecule is CCCNCC(=O)N(C)Cc1ccc2c(c1)OCCO2. The van der Waals surface area contributed by atoms with E-state index in [-0.39, 0.29) is 5.91 Å². The first-order chi connectivity index (χ1) is 9.70. The first-order valence-electron chi connectivity index (χ1n) is 7.04. The van der Waals surface area contributed by atoms with Gasteiger partial charge in [-0.15, -0.1) is 0 Å². The van der Waals surface area contributed by atoms with E-state index in [4.69, 9.17) is 9.47 Å². The summed E-state index contributed by atoms with van der Waals surface area (Å²) in [7, 11) is 1.81. The minimum atomic E-state index is 0.0911. The first-order valence-corrected chi connectivity index (χ1v) is 7.04. The van der Waals surface area contributed by atoms with Gasteiger partial charge in [-0.2, -0.15) is 0 Å². The number of carbonyl (C=O) groups is 1. The van der Waals surface area contributed by atoms with Crippen molar-refractivity contribution in [2.45, 2.75) is 19.9 Å². The maximum absolute atomic E-state index is 11.9. The smallest absolute Gasteiger partial charge is 0.236 e. The molecule has 1 aliphatic rings. The second kappa shape index (κ2) is 7.14. The standard InChI is InChI=1S/C15H22N2O3/c1-3-6-16-10-15(18)17(2)11-12-4-5-13-14(9-12)20-8-7-19-13/h4-5,9,16H,3,6-8,10-11H2,1-2H3. The van der Waals surface area contributed by atoms with Crippen LogP contribution in [0.3, 0.4) is 0 Å². The zero-order chi connectivity index (χ0) is 14.4. The Balaban J connectivity index is 1.90. The summed E-state index contributed by atoms with van der Waals surface area (Å²) >= 11 is 0. The second-order valence-corrected chi connectivity index (χ2v) is 4.90. The number of hydrogen-bond acceptors (Lipinski definition) is 4. The van der Waals surface area contributed by atoms with E-state index in [0.29, 0.717) is 26.3 Å². The van der Waals surface area contributed by atoms with E-state index in [9.17, 15) is 4.79 Å². The van der Waals surface area contributed by atoms with Gasteiger partial charge < -0.3 is 19.7 Å². The molecule has 110 valence electrons. The van der Waals surface area contributed by atoms with Crippen LogP contribution >= 0.6 is 0 Å². The average molecular weight is 278 g/mol. The quantitative estimate of drug-likeness (QED) is 0.800. The molecule has 20 heavy (non-hydrogen) atoms. The molecule has 1 N–H and O–H groups in total. The van der Waals surface area contributed by atoms with Crippen LogP contribution in [0.4, 0.5) is 0 Å². The number of benzene rings is 1. The first kappa shape index (κ1) is 14.7. The molecule has 0 saturated carbocycles. The van der Waals surface area contributed by atoms with Crippen LogP contribution < -0.4 is 14.8 Å². The number of ether oxygens (including phenoxy) is 2. The molecule has 0 fully saturated rings. The molecule has 0 unspecified atom stereocenters. The van der Waals surface area contributed by atoms with Crippen LogP contribution in [0.1, 0.15) is 18.9 Å². The highest BCUT2D eigenvalue weighted by atomic mass is 16.6. The van der Waals surface area contributed by atoms with Crippen LogP contribution in [0.15, 0.2) is 18.2 Å². The second-order valence-electron chi connectivity index (χ2n) is 4.90. The van der Waals surface area contributed by atoms with E-state index >= 15 is 0 Å². The summed E-state index contributed by atoms with van der Waals surface area (Å²) in [5.41, 5.74) is 1.04. The van der Waals surface area contributed by atoms with Gasteiger partial charge in [0.1, 0.15) is 13.2 Å². The number of hydrogen-bond donors (Lipinski definition) is 1. The fourth-order valence-corrected chi connectivity index (χ4v) is 2.06. The molecule has 1 aromatic carbocycles. The molecule has 5 heteroatoms. The zero-order valence-corrected chi connectivity index (χ0v) is 12.1. The molecule has 0 bridgehead atoms. The van der Waals surface area contributed by atoms with Crippen molar-refractivity contribution in [3.63, 3.8) is 0 Å². The van der Waals surface area contributed by atoms with Gasteiger partial charge >= 0.3 is 0 Å². The number of fused-ring (bicyclic) bond motifs is 1. The Bertz CT molecular complexity index is 462. The minimum absolute atomic E-state index is 0.0911. The molecule has 2 rings (SSSR count). The maximum Gasteiger partial charge on any atom is 0.236 e. The molecule has 0 radical (unpaired) electrons. The fraction of sp³-hybridized carbons (Fsp3) is 0.533. The van der Waals surface area contributed by atoms with E-state index in [1.54, 1.807) is 4.90 Å². The van der Waals surface area contributed by atoms with Gasteiger partial charge in [-0.3, -0.25) is 4.79 Å². The summed E-state index contributed by atoms with van der Waals surface area (Å²) < 4.78 is 11.0. The topological polar surface area (TPSA) is 50.8 Å². The van der Waals surface area contributed by atoms with Gasteiger partial charge in [0.2, 0.25) is 5.91 Å². The molecular weight excluding hydrogens is 256 g/mol. The van der Waals surface area contributed by atoms with Crippen LogP contribution in [0.2, 0.25) is 0 Å². The van der Waals surface area contributed by atoms with Crippen molar-refractivity contribution in [1.29, 1.82) is 0 Å². The van der Waals surface area contributed by atoms with Crippen molar-refractivity contribution >= 4 is 5.91 Å². The predicted octanol–water partition coefficient (Wildman–Crippen LogP) is 1.42. The minimum Gasteiger partial charge on any atom is -0.486 e. The summed E-state index contributed by atoms with van der Waals surface area (Å²) in [5.74, 6) is 1.63. The van der Waals surface area contributed by atoms with Gasteiger partial charge in [-0.25, -0.2) is 0 Å². The number of rotatable bonds is 6.